The van der Waals surface area contributed by atoms with Gasteiger partial charge < -0.3 is 4.90 Å². The van der Waals surface area contributed by atoms with Crippen LogP contribution in [0.5, 0.6) is 0 Å². The molecule has 1 amide bonds. The maximum Gasteiger partial charge on any atom is 0.265 e. The third kappa shape index (κ3) is 2.30. The molecule has 1 aliphatic rings. The van der Waals surface area contributed by atoms with Gasteiger partial charge in [0.2, 0.25) is 0 Å². The fraction of sp³-hybridized carbons (Fsp3) is 0.636. The molecule has 3 nitrogen and oxygen atoms in total. The lowest BCUT2D eigenvalue weighted by atomic mass is 10.00. The molecule has 1 aromatic rings. The summed E-state index contributed by atoms with van der Waals surface area (Å²) in [5.74, 6) is 0.664. The molecule has 1 aliphatic heterocycles. The van der Waals surface area contributed by atoms with Gasteiger partial charge in [0.1, 0.15) is 4.88 Å². The van der Waals surface area contributed by atoms with Crippen LogP contribution in [0.15, 0.2) is 5.51 Å². The molecule has 0 aromatic carbocycles. The summed E-state index contributed by atoms with van der Waals surface area (Å²) in [4.78, 5) is 19.6. The molecule has 1 aromatic heterocycles. The van der Waals surface area contributed by atoms with Gasteiger partial charge in [0, 0.05) is 17.9 Å². The standard InChI is InChI=1S/C11H15BrN2OS/c1-7-5-14(4-3-9(7)12)11(15)10-8(2)13-6-16-10/h6-7,9H,3-5H2,1-2H3. The van der Waals surface area contributed by atoms with Crippen LogP contribution in [0, 0.1) is 12.8 Å². The van der Waals surface area contributed by atoms with Crippen LogP contribution in [0.1, 0.15) is 28.7 Å². The van der Waals surface area contributed by atoms with E-state index in [9.17, 15) is 4.79 Å². The second-order valence-electron chi connectivity index (χ2n) is 4.30. The van der Waals surface area contributed by atoms with Gasteiger partial charge in [-0.3, -0.25) is 4.79 Å². The number of hydrogen-bond donors (Lipinski definition) is 0. The van der Waals surface area contributed by atoms with Crippen LogP contribution in [-0.4, -0.2) is 33.7 Å². The SMILES string of the molecule is Cc1ncsc1C(=O)N1CCC(Br)C(C)C1. The highest BCUT2D eigenvalue weighted by atomic mass is 79.9. The number of thiazole rings is 1. The van der Waals surface area contributed by atoms with Gasteiger partial charge in [-0.15, -0.1) is 11.3 Å². The summed E-state index contributed by atoms with van der Waals surface area (Å²) in [6.07, 6.45) is 1.03. The predicted molar refractivity (Wildman–Crippen MR) is 69.3 cm³/mol. The number of piperidine rings is 1. The number of likely N-dealkylation sites (tertiary alicyclic amines) is 1. The molecule has 0 bridgehead atoms. The fourth-order valence-electron chi connectivity index (χ4n) is 1.95. The molecule has 0 saturated carbocycles. The molecule has 16 heavy (non-hydrogen) atoms. The summed E-state index contributed by atoms with van der Waals surface area (Å²) in [6, 6.07) is 0. The Morgan fingerprint density at radius 3 is 3.00 bits per heavy atom. The molecule has 5 heteroatoms. The molecule has 0 N–H and O–H groups in total. The van der Waals surface area contributed by atoms with Gasteiger partial charge in [-0.25, -0.2) is 4.98 Å². The summed E-state index contributed by atoms with van der Waals surface area (Å²) < 4.78 is 0. The average Bonchev–Trinajstić information content (AvgIpc) is 2.67. The predicted octanol–water partition coefficient (Wildman–Crippen LogP) is 2.70. The molecule has 2 heterocycles. The Kier molecular flexibility index (Phi) is 3.64. The van der Waals surface area contributed by atoms with Crippen molar-refractivity contribution >= 4 is 33.2 Å². The van der Waals surface area contributed by atoms with E-state index in [0.29, 0.717) is 10.7 Å². The van der Waals surface area contributed by atoms with Crippen molar-refractivity contribution in [2.45, 2.75) is 25.1 Å². The zero-order valence-corrected chi connectivity index (χ0v) is 11.8. The Labute approximate surface area is 108 Å². The van der Waals surface area contributed by atoms with Crippen LogP contribution >= 0.6 is 27.3 Å². The lowest BCUT2D eigenvalue weighted by Crippen LogP contribution is -2.43. The highest BCUT2D eigenvalue weighted by Gasteiger charge is 2.28. The molecule has 2 rings (SSSR count). The smallest absolute Gasteiger partial charge is 0.265 e. The quantitative estimate of drug-likeness (QED) is 0.747. The highest BCUT2D eigenvalue weighted by molar-refractivity contribution is 9.09. The van der Waals surface area contributed by atoms with E-state index in [4.69, 9.17) is 0 Å². The van der Waals surface area contributed by atoms with Gasteiger partial charge in [-0.05, 0) is 19.3 Å². The second kappa shape index (κ2) is 4.84. The number of aryl methyl sites for hydroxylation is 1. The van der Waals surface area contributed by atoms with E-state index in [2.05, 4.69) is 27.8 Å². The topological polar surface area (TPSA) is 33.2 Å². The van der Waals surface area contributed by atoms with Crippen LogP contribution < -0.4 is 0 Å². The van der Waals surface area contributed by atoms with Crippen LogP contribution in [0.4, 0.5) is 0 Å². The lowest BCUT2D eigenvalue weighted by molar-refractivity contribution is 0.0694. The zero-order chi connectivity index (χ0) is 11.7. The molecule has 1 saturated heterocycles. The van der Waals surface area contributed by atoms with Crippen molar-refractivity contribution in [3.05, 3.63) is 16.1 Å². The lowest BCUT2D eigenvalue weighted by Gasteiger charge is -2.34. The average molecular weight is 303 g/mol. The van der Waals surface area contributed by atoms with Gasteiger partial charge in [-0.2, -0.15) is 0 Å². The normalized spacial score (nSPS) is 25.8. The van der Waals surface area contributed by atoms with E-state index >= 15 is 0 Å². The van der Waals surface area contributed by atoms with Crippen molar-refractivity contribution in [2.75, 3.05) is 13.1 Å². The monoisotopic (exact) mass is 302 g/mol. The summed E-state index contributed by atoms with van der Waals surface area (Å²) >= 11 is 5.09. The van der Waals surface area contributed by atoms with Gasteiger partial charge in [0.05, 0.1) is 11.2 Å². The third-order valence-corrected chi connectivity index (χ3v) is 5.30. The van der Waals surface area contributed by atoms with E-state index in [1.165, 1.54) is 11.3 Å². The minimum absolute atomic E-state index is 0.145. The van der Waals surface area contributed by atoms with Crippen molar-refractivity contribution in [2.24, 2.45) is 5.92 Å². The van der Waals surface area contributed by atoms with Crippen LogP contribution in [0.3, 0.4) is 0 Å². The maximum absolute atomic E-state index is 12.2. The number of hydrogen-bond acceptors (Lipinski definition) is 3. The Morgan fingerprint density at radius 2 is 2.44 bits per heavy atom. The number of carbonyl (C=O) groups excluding carboxylic acids is 1. The van der Waals surface area contributed by atoms with Crippen molar-refractivity contribution in [3.8, 4) is 0 Å². The van der Waals surface area contributed by atoms with Crippen molar-refractivity contribution in [1.82, 2.24) is 9.88 Å². The molecule has 2 atom stereocenters. The first-order valence-electron chi connectivity index (χ1n) is 5.43. The largest absolute Gasteiger partial charge is 0.338 e. The van der Waals surface area contributed by atoms with E-state index in [0.717, 1.165) is 30.1 Å². The van der Waals surface area contributed by atoms with Crippen molar-refractivity contribution in [1.29, 1.82) is 0 Å². The minimum Gasteiger partial charge on any atom is -0.338 e. The van der Waals surface area contributed by atoms with E-state index < -0.39 is 0 Å². The van der Waals surface area contributed by atoms with Crippen LogP contribution in [0.2, 0.25) is 0 Å². The first-order chi connectivity index (χ1) is 7.59. The molecule has 0 spiro atoms. The number of aromatic nitrogens is 1. The highest BCUT2D eigenvalue weighted by Crippen LogP contribution is 2.25. The summed E-state index contributed by atoms with van der Waals surface area (Å²) in [7, 11) is 0. The van der Waals surface area contributed by atoms with Crippen LogP contribution in [-0.2, 0) is 0 Å². The van der Waals surface area contributed by atoms with Crippen molar-refractivity contribution < 1.29 is 4.79 Å². The van der Waals surface area contributed by atoms with Gasteiger partial charge >= 0.3 is 0 Å². The summed E-state index contributed by atoms with van der Waals surface area (Å²) in [6.45, 7) is 5.76. The molecular formula is C11H15BrN2OS. The van der Waals surface area contributed by atoms with E-state index in [-0.39, 0.29) is 5.91 Å². The van der Waals surface area contributed by atoms with Crippen molar-refractivity contribution in [3.63, 3.8) is 0 Å². The molecule has 0 aliphatic carbocycles. The van der Waals surface area contributed by atoms with E-state index in [1.54, 1.807) is 5.51 Å². The molecule has 88 valence electrons. The Hall–Kier alpha value is -0.420. The number of halogens is 1. The second-order valence-corrected chi connectivity index (χ2v) is 6.33. The molecule has 2 unspecified atom stereocenters. The number of alkyl halides is 1. The zero-order valence-electron chi connectivity index (χ0n) is 9.44. The minimum atomic E-state index is 0.145. The van der Waals surface area contributed by atoms with Crippen LogP contribution in [0.25, 0.3) is 0 Å². The summed E-state index contributed by atoms with van der Waals surface area (Å²) in [5.41, 5.74) is 2.59. The number of amides is 1. The van der Waals surface area contributed by atoms with E-state index in [1.807, 2.05) is 11.8 Å². The Morgan fingerprint density at radius 1 is 1.69 bits per heavy atom. The number of rotatable bonds is 1. The van der Waals surface area contributed by atoms with Gasteiger partial charge in [0.25, 0.3) is 5.91 Å². The third-order valence-electron chi connectivity index (χ3n) is 3.03. The fourth-order valence-corrected chi connectivity index (χ4v) is 3.09. The molecule has 0 radical (unpaired) electrons. The molecular weight excluding hydrogens is 288 g/mol. The Balaban J connectivity index is 2.09. The first-order valence-corrected chi connectivity index (χ1v) is 7.22. The van der Waals surface area contributed by atoms with Gasteiger partial charge in [-0.1, -0.05) is 22.9 Å². The molecule has 1 fully saturated rings. The number of carbonyl (C=O) groups is 1. The first kappa shape index (κ1) is 12.0. The summed E-state index contributed by atoms with van der Waals surface area (Å²) in [5, 5.41) is 0. The number of nitrogens with zero attached hydrogens (tertiary/aromatic N) is 2. The Bertz CT molecular complexity index is 393. The van der Waals surface area contributed by atoms with Gasteiger partial charge in [0.15, 0.2) is 0 Å². The maximum atomic E-state index is 12.2.